The molecule has 1 aromatic carbocycles. The third kappa shape index (κ3) is 3.39. The van der Waals surface area contributed by atoms with Crippen LogP contribution in [-0.2, 0) is 0 Å². The summed E-state index contributed by atoms with van der Waals surface area (Å²) in [6.45, 7) is 3.66. The van der Waals surface area contributed by atoms with E-state index in [0.717, 1.165) is 32.6 Å². The fourth-order valence-electron chi connectivity index (χ4n) is 3.59. The molecule has 2 atom stereocenters. The largest absolute Gasteiger partial charge is 0.496 e. The lowest BCUT2D eigenvalue weighted by Gasteiger charge is -2.34. The van der Waals surface area contributed by atoms with Gasteiger partial charge in [0.1, 0.15) is 5.75 Å². The van der Waals surface area contributed by atoms with Crippen LogP contribution in [0.5, 0.6) is 17.2 Å². The van der Waals surface area contributed by atoms with Crippen molar-refractivity contribution in [1.29, 1.82) is 0 Å². The molecule has 1 amide bonds. The summed E-state index contributed by atoms with van der Waals surface area (Å²) in [4.78, 5) is 14.9. The molecule has 7 heteroatoms. The second-order valence-electron chi connectivity index (χ2n) is 6.13. The molecule has 24 heavy (non-hydrogen) atoms. The molecule has 0 spiro atoms. The molecule has 0 bridgehead atoms. The molecule has 134 valence electrons. The average molecular weight is 357 g/mol. The van der Waals surface area contributed by atoms with Gasteiger partial charge in [-0.25, -0.2) is 0 Å². The minimum atomic E-state index is -0.00634. The highest BCUT2D eigenvalue weighted by Crippen LogP contribution is 2.36. The Kier molecular flexibility index (Phi) is 6.18. The Labute approximate surface area is 148 Å². The van der Waals surface area contributed by atoms with Crippen molar-refractivity contribution in [1.82, 2.24) is 10.2 Å². The first-order valence-electron chi connectivity index (χ1n) is 7.98. The number of halogens is 1. The summed E-state index contributed by atoms with van der Waals surface area (Å²) in [5.41, 5.74) is 0.523. The molecule has 1 N–H and O–H groups in total. The van der Waals surface area contributed by atoms with Crippen LogP contribution in [0.1, 0.15) is 16.8 Å². The van der Waals surface area contributed by atoms with Crippen molar-refractivity contribution in [2.75, 3.05) is 47.5 Å². The van der Waals surface area contributed by atoms with Gasteiger partial charge in [0.2, 0.25) is 0 Å². The van der Waals surface area contributed by atoms with Gasteiger partial charge in [-0.1, -0.05) is 0 Å². The Hall–Kier alpha value is -1.66. The fourth-order valence-corrected chi connectivity index (χ4v) is 3.59. The topological polar surface area (TPSA) is 60.0 Å². The smallest absolute Gasteiger partial charge is 0.257 e. The zero-order chi connectivity index (χ0) is 16.4. The second kappa shape index (κ2) is 7.94. The van der Waals surface area contributed by atoms with E-state index >= 15 is 0 Å². The number of likely N-dealkylation sites (tertiary alicyclic amines) is 1. The monoisotopic (exact) mass is 356 g/mol. The van der Waals surface area contributed by atoms with Gasteiger partial charge in [0, 0.05) is 25.2 Å². The van der Waals surface area contributed by atoms with Crippen LogP contribution in [0.25, 0.3) is 0 Å². The Morgan fingerprint density at radius 3 is 2.33 bits per heavy atom. The lowest BCUT2D eigenvalue weighted by Crippen LogP contribution is -2.43. The summed E-state index contributed by atoms with van der Waals surface area (Å²) in [6.07, 6.45) is 1.05. The van der Waals surface area contributed by atoms with E-state index in [-0.39, 0.29) is 18.3 Å². The van der Waals surface area contributed by atoms with Gasteiger partial charge in [0.25, 0.3) is 5.91 Å². The van der Waals surface area contributed by atoms with Gasteiger partial charge in [-0.3, -0.25) is 4.79 Å². The fraction of sp³-hybridized carbons (Fsp3) is 0.588. The van der Waals surface area contributed by atoms with E-state index in [4.69, 9.17) is 14.2 Å². The Bertz CT molecular complexity index is 596. The number of carbonyl (C=O) groups is 1. The zero-order valence-corrected chi connectivity index (χ0v) is 15.1. The van der Waals surface area contributed by atoms with Crippen molar-refractivity contribution in [3.8, 4) is 17.2 Å². The van der Waals surface area contributed by atoms with E-state index < -0.39 is 0 Å². The number of nitrogens with zero attached hydrogens (tertiary/aromatic N) is 1. The van der Waals surface area contributed by atoms with Gasteiger partial charge in [-0.15, -0.1) is 12.4 Å². The minimum Gasteiger partial charge on any atom is -0.496 e. The standard InChI is InChI=1S/C17H24N2O4.ClH/c1-21-14-7-16(23-3)15(22-2)6-13(14)17(20)19-5-4-11-8-18-9-12(11)10-19;/h6-7,11-12,18H,4-5,8-10H2,1-3H3;1H. The molecular weight excluding hydrogens is 332 g/mol. The molecule has 6 nitrogen and oxygen atoms in total. The molecule has 3 rings (SSSR count). The summed E-state index contributed by atoms with van der Waals surface area (Å²) < 4.78 is 16.0. The van der Waals surface area contributed by atoms with Gasteiger partial charge >= 0.3 is 0 Å². The number of nitrogens with one attached hydrogen (secondary N) is 1. The summed E-state index contributed by atoms with van der Waals surface area (Å²) in [7, 11) is 4.69. The summed E-state index contributed by atoms with van der Waals surface area (Å²) in [6, 6.07) is 3.41. The van der Waals surface area contributed by atoms with Crippen LogP contribution in [0.15, 0.2) is 12.1 Å². The van der Waals surface area contributed by atoms with Crippen LogP contribution in [0.4, 0.5) is 0 Å². The van der Waals surface area contributed by atoms with Crippen LogP contribution in [0.3, 0.4) is 0 Å². The zero-order valence-electron chi connectivity index (χ0n) is 14.3. The highest BCUT2D eigenvalue weighted by atomic mass is 35.5. The third-order valence-corrected chi connectivity index (χ3v) is 4.93. The minimum absolute atomic E-state index is 0. The molecular formula is C17H25ClN2O4. The van der Waals surface area contributed by atoms with Crippen LogP contribution in [-0.4, -0.2) is 58.3 Å². The molecule has 2 heterocycles. The molecule has 2 unspecified atom stereocenters. The van der Waals surface area contributed by atoms with Crippen molar-refractivity contribution in [3.05, 3.63) is 17.7 Å². The van der Waals surface area contributed by atoms with E-state index in [9.17, 15) is 4.79 Å². The van der Waals surface area contributed by atoms with Gasteiger partial charge in [0.05, 0.1) is 26.9 Å². The predicted molar refractivity (Wildman–Crippen MR) is 93.7 cm³/mol. The van der Waals surface area contributed by atoms with Crippen molar-refractivity contribution >= 4 is 18.3 Å². The van der Waals surface area contributed by atoms with Gasteiger partial charge in [0.15, 0.2) is 11.5 Å². The van der Waals surface area contributed by atoms with Crippen LogP contribution >= 0.6 is 12.4 Å². The highest BCUT2D eigenvalue weighted by molar-refractivity contribution is 5.98. The van der Waals surface area contributed by atoms with E-state index in [1.54, 1.807) is 33.5 Å². The van der Waals surface area contributed by atoms with E-state index in [2.05, 4.69) is 5.32 Å². The van der Waals surface area contributed by atoms with E-state index in [1.807, 2.05) is 4.90 Å². The Morgan fingerprint density at radius 2 is 1.67 bits per heavy atom. The maximum absolute atomic E-state index is 13.0. The van der Waals surface area contributed by atoms with Gasteiger partial charge in [-0.05, 0) is 31.3 Å². The molecule has 2 saturated heterocycles. The van der Waals surface area contributed by atoms with Gasteiger partial charge < -0.3 is 24.4 Å². The summed E-state index contributed by atoms with van der Waals surface area (Å²) in [5, 5.41) is 3.42. The van der Waals surface area contributed by atoms with Gasteiger partial charge in [-0.2, -0.15) is 0 Å². The predicted octanol–water partition coefficient (Wildman–Crippen LogP) is 1.82. The average Bonchev–Trinajstić information content (AvgIpc) is 3.07. The maximum atomic E-state index is 13.0. The Morgan fingerprint density at radius 1 is 1.04 bits per heavy atom. The number of methoxy groups -OCH3 is 3. The van der Waals surface area contributed by atoms with Crippen LogP contribution in [0, 0.1) is 11.8 Å². The van der Waals surface area contributed by atoms with Crippen LogP contribution in [0.2, 0.25) is 0 Å². The first-order valence-corrected chi connectivity index (χ1v) is 7.98. The SMILES string of the molecule is COc1cc(OC)c(C(=O)N2CCC3CNCC3C2)cc1OC.Cl. The molecule has 0 radical (unpaired) electrons. The maximum Gasteiger partial charge on any atom is 0.257 e. The quantitative estimate of drug-likeness (QED) is 0.891. The van der Waals surface area contributed by atoms with Crippen LogP contribution < -0.4 is 19.5 Å². The lowest BCUT2D eigenvalue weighted by atomic mass is 9.88. The third-order valence-electron chi connectivity index (χ3n) is 4.93. The lowest BCUT2D eigenvalue weighted by molar-refractivity contribution is 0.0638. The Balaban J connectivity index is 0.00000208. The summed E-state index contributed by atoms with van der Waals surface area (Å²) >= 11 is 0. The number of carbonyl (C=O) groups excluding carboxylic acids is 1. The molecule has 2 fully saturated rings. The molecule has 2 aliphatic rings. The number of rotatable bonds is 4. The second-order valence-corrected chi connectivity index (χ2v) is 6.13. The molecule has 2 aliphatic heterocycles. The van der Waals surface area contributed by atoms with Crippen molar-refractivity contribution in [3.63, 3.8) is 0 Å². The normalized spacial score (nSPS) is 22.4. The number of piperidine rings is 1. The molecule has 0 saturated carbocycles. The summed E-state index contributed by atoms with van der Waals surface area (Å²) in [5.74, 6) is 2.85. The number of benzene rings is 1. The molecule has 0 aromatic heterocycles. The first kappa shape index (κ1) is 18.7. The van der Waals surface area contributed by atoms with E-state index in [0.29, 0.717) is 34.6 Å². The number of amides is 1. The number of hydrogen-bond donors (Lipinski definition) is 1. The van der Waals surface area contributed by atoms with Crippen molar-refractivity contribution < 1.29 is 19.0 Å². The number of ether oxygens (including phenoxy) is 3. The van der Waals surface area contributed by atoms with Crippen molar-refractivity contribution in [2.24, 2.45) is 11.8 Å². The molecule has 1 aromatic rings. The van der Waals surface area contributed by atoms with E-state index in [1.165, 1.54) is 0 Å². The molecule has 0 aliphatic carbocycles. The first-order chi connectivity index (χ1) is 11.2. The number of hydrogen-bond acceptors (Lipinski definition) is 5. The highest BCUT2D eigenvalue weighted by Gasteiger charge is 2.35. The number of fused-ring (bicyclic) bond motifs is 1. The van der Waals surface area contributed by atoms with Crippen molar-refractivity contribution in [2.45, 2.75) is 6.42 Å².